The van der Waals surface area contributed by atoms with Crippen molar-refractivity contribution in [3.63, 3.8) is 0 Å². The van der Waals surface area contributed by atoms with Gasteiger partial charge in [0, 0.05) is 12.1 Å². The third-order valence-corrected chi connectivity index (χ3v) is 15.3. The Hall–Kier alpha value is -5.03. The molecule has 0 unspecified atom stereocenters. The highest BCUT2D eigenvalue weighted by atomic mass is 127. The van der Waals surface area contributed by atoms with Crippen LogP contribution < -0.4 is 60.5 Å². The molecule has 0 bridgehead atoms. The van der Waals surface area contributed by atoms with Crippen LogP contribution in [0.2, 0.25) is 10.0 Å². The lowest BCUT2D eigenvalue weighted by Gasteiger charge is -2.25. The van der Waals surface area contributed by atoms with Crippen LogP contribution in [0.15, 0.2) is 95.0 Å². The lowest BCUT2D eigenvalue weighted by atomic mass is 10.1. The van der Waals surface area contributed by atoms with E-state index in [0.717, 1.165) is 27.7 Å². The standard InChI is InChI=1S/C25H33ClN5O3S.C22H26ClN5O3S.HI/c1-16(2)35(32,33)23-11-9-8-10-20(23)28-24-19(26)14-27-25(30-24)29-21-12-17(3)18(13-22(21)34-7)15-31(4,5)6;1-13(2)32(29,30)20-8-6-5-7-17(20)26-21-16(23)12-25-22(28-21)27-18-9-14(3)15(11-24)10-19(18)31-4;/h8-14,16H,15H2,1-7H3,(H2,27,28,29,30);5-10,12-13H,11,24H2,1-4H3,(H2,25,26,27,28);1H/q+1;;/p-1. The number of anilines is 8. The summed E-state index contributed by atoms with van der Waals surface area (Å²) >= 11 is 12.7. The first-order valence-corrected chi connectivity index (χ1v) is 25.0. The number of sulfone groups is 2. The normalized spacial score (nSPS) is 11.6. The zero-order valence-corrected chi connectivity index (χ0v) is 45.2. The Balaban J connectivity index is 0.000000293. The zero-order chi connectivity index (χ0) is 49.4. The summed E-state index contributed by atoms with van der Waals surface area (Å²) < 4.78 is 63.0. The molecular weight excluding hydrogens is 1060 g/mol. The Kier molecular flexibility index (Phi) is 19.2. The van der Waals surface area contributed by atoms with Crippen LogP contribution in [0.4, 0.5) is 46.3 Å². The molecule has 6 rings (SSSR count). The van der Waals surface area contributed by atoms with Gasteiger partial charge in [-0.25, -0.2) is 26.8 Å². The number of hydrogen-bond acceptors (Lipinski definition) is 15. The maximum atomic E-state index is 12.8. The number of nitrogens with zero attached hydrogens (tertiary/aromatic N) is 5. The molecule has 0 spiro atoms. The van der Waals surface area contributed by atoms with Gasteiger partial charge in [-0.15, -0.1) is 0 Å². The fourth-order valence-corrected chi connectivity index (χ4v) is 9.24. The number of nitrogens with one attached hydrogen (secondary N) is 4. The van der Waals surface area contributed by atoms with Crippen LogP contribution >= 0.6 is 23.2 Å². The molecule has 16 nitrogen and oxygen atoms in total. The Labute approximate surface area is 427 Å². The second kappa shape index (κ2) is 23.5. The van der Waals surface area contributed by atoms with Crippen molar-refractivity contribution in [1.82, 2.24) is 19.9 Å². The van der Waals surface area contributed by atoms with E-state index in [4.69, 9.17) is 38.4 Å². The summed E-state index contributed by atoms with van der Waals surface area (Å²) in [7, 11) is 2.58. The highest BCUT2D eigenvalue weighted by Crippen LogP contribution is 2.36. The van der Waals surface area contributed by atoms with Crippen LogP contribution in [-0.4, -0.2) is 87.1 Å². The SMILES string of the molecule is COc1cc(CN)c(C)cc1Nc1ncc(Cl)c(Nc2ccccc2S(=O)(=O)C(C)C)n1.COc1cc(C[N+](C)(C)C)c(C)cc1Nc1ncc(Cl)c(Nc2ccccc2S(=O)(=O)C(C)C)n1.[I-]. The number of benzene rings is 4. The summed E-state index contributed by atoms with van der Waals surface area (Å²) in [5.74, 6) is 2.37. The largest absolute Gasteiger partial charge is 1.00 e. The Morgan fingerprint density at radius 3 is 1.37 bits per heavy atom. The van der Waals surface area contributed by atoms with E-state index in [1.54, 1.807) is 90.4 Å². The smallest absolute Gasteiger partial charge is 0.229 e. The molecule has 2 heterocycles. The number of quaternary nitrogens is 1. The first-order valence-electron chi connectivity index (χ1n) is 21.1. The molecule has 4 aromatic carbocycles. The molecule has 0 aliphatic rings. The minimum Gasteiger partial charge on any atom is -1.00 e. The lowest BCUT2D eigenvalue weighted by Crippen LogP contribution is -3.00. The fraction of sp³-hybridized carbons (Fsp3) is 0.319. The van der Waals surface area contributed by atoms with Gasteiger partial charge in [0.25, 0.3) is 0 Å². The summed E-state index contributed by atoms with van der Waals surface area (Å²) in [5.41, 5.74) is 12.2. The Bertz CT molecular complexity index is 2960. The van der Waals surface area contributed by atoms with Gasteiger partial charge in [0.1, 0.15) is 28.1 Å². The van der Waals surface area contributed by atoms with Gasteiger partial charge in [0.05, 0.1) is 90.8 Å². The van der Waals surface area contributed by atoms with E-state index in [0.29, 0.717) is 40.8 Å². The van der Waals surface area contributed by atoms with Crippen LogP contribution in [-0.2, 0) is 32.8 Å². The molecule has 68 heavy (non-hydrogen) atoms. The second-order valence-electron chi connectivity index (χ2n) is 17.1. The first kappa shape index (κ1) is 55.6. The molecule has 0 saturated carbocycles. The maximum Gasteiger partial charge on any atom is 0.229 e. The van der Waals surface area contributed by atoms with Crippen molar-refractivity contribution in [3.8, 4) is 11.5 Å². The summed E-state index contributed by atoms with van der Waals surface area (Å²) in [6.45, 7) is 11.8. The monoisotopic (exact) mass is 1120 g/mol. The summed E-state index contributed by atoms with van der Waals surface area (Å²) in [6.07, 6.45) is 2.90. The van der Waals surface area contributed by atoms with Crippen LogP contribution in [0.1, 0.15) is 49.9 Å². The van der Waals surface area contributed by atoms with Crippen LogP contribution in [0.5, 0.6) is 11.5 Å². The van der Waals surface area contributed by atoms with Crippen molar-refractivity contribution in [1.29, 1.82) is 0 Å². The average molecular weight is 1120 g/mol. The lowest BCUT2D eigenvalue weighted by molar-refractivity contribution is -0.884. The number of methoxy groups -OCH3 is 2. The molecule has 21 heteroatoms. The number of rotatable bonds is 17. The maximum absolute atomic E-state index is 12.8. The van der Waals surface area contributed by atoms with Crippen LogP contribution in [0.3, 0.4) is 0 Å². The van der Waals surface area contributed by atoms with E-state index in [2.05, 4.69) is 69.3 Å². The third kappa shape index (κ3) is 13.8. The molecule has 0 amide bonds. The number of ether oxygens (including phenoxy) is 2. The minimum absolute atomic E-state index is 0. The molecule has 0 radical (unpaired) electrons. The van der Waals surface area contributed by atoms with Crippen molar-refractivity contribution in [2.45, 2.75) is 74.9 Å². The zero-order valence-electron chi connectivity index (χ0n) is 39.9. The van der Waals surface area contributed by atoms with Gasteiger partial charge in [-0.2, -0.15) is 9.97 Å². The number of aryl methyl sites for hydroxylation is 2. The van der Waals surface area contributed by atoms with Gasteiger partial charge < -0.3 is 64.9 Å². The van der Waals surface area contributed by atoms with Crippen molar-refractivity contribution < 1.29 is 54.8 Å². The topological polar surface area (TPSA) is 212 Å². The van der Waals surface area contributed by atoms with E-state index >= 15 is 0 Å². The number of aromatic nitrogens is 4. The molecule has 0 atom stereocenters. The summed E-state index contributed by atoms with van der Waals surface area (Å²) in [6, 6.07) is 21.1. The van der Waals surface area contributed by atoms with Gasteiger partial charge >= 0.3 is 0 Å². The minimum atomic E-state index is -3.51. The van der Waals surface area contributed by atoms with Gasteiger partial charge in [0.15, 0.2) is 31.3 Å². The number of halogens is 3. The van der Waals surface area contributed by atoms with Crippen LogP contribution in [0.25, 0.3) is 0 Å². The molecule has 2 aromatic heterocycles. The van der Waals surface area contributed by atoms with E-state index in [1.165, 1.54) is 18.0 Å². The highest BCUT2D eigenvalue weighted by Gasteiger charge is 2.25. The van der Waals surface area contributed by atoms with E-state index in [9.17, 15) is 16.8 Å². The predicted octanol–water partition coefficient (Wildman–Crippen LogP) is 6.90. The molecule has 6 N–H and O–H groups in total. The molecule has 0 fully saturated rings. The second-order valence-corrected chi connectivity index (χ2v) is 22.8. The Morgan fingerprint density at radius 2 is 1.00 bits per heavy atom. The average Bonchev–Trinajstić information content (AvgIpc) is 3.27. The van der Waals surface area contributed by atoms with E-state index < -0.39 is 30.2 Å². The summed E-state index contributed by atoms with van der Waals surface area (Å²) in [5, 5.41) is 11.8. The van der Waals surface area contributed by atoms with Crippen molar-refractivity contribution in [2.24, 2.45) is 5.73 Å². The molecule has 6 aromatic rings. The molecule has 0 saturated heterocycles. The van der Waals surface area contributed by atoms with Crippen LogP contribution in [0, 0.1) is 13.8 Å². The van der Waals surface area contributed by atoms with Crippen molar-refractivity contribution >= 4 is 89.2 Å². The highest BCUT2D eigenvalue weighted by molar-refractivity contribution is 7.92. The molecule has 366 valence electrons. The first-order chi connectivity index (χ1) is 31.5. The number of hydrogen-bond donors (Lipinski definition) is 5. The summed E-state index contributed by atoms with van der Waals surface area (Å²) in [4.78, 5) is 17.8. The van der Waals surface area contributed by atoms with E-state index in [1.807, 2.05) is 31.2 Å². The number of nitrogens with two attached hydrogens (primary N) is 1. The fourth-order valence-electron chi connectivity index (χ4n) is 6.56. The van der Waals surface area contributed by atoms with Gasteiger partial charge in [-0.3, -0.25) is 0 Å². The quantitative estimate of drug-likeness (QED) is 0.0464. The van der Waals surface area contributed by atoms with Crippen molar-refractivity contribution in [3.05, 3.63) is 117 Å². The van der Waals surface area contributed by atoms with Gasteiger partial charge in [-0.1, -0.05) is 47.5 Å². The molecule has 0 aliphatic heterocycles. The molecular formula is C47H59Cl2IN10O6S2. The third-order valence-electron chi connectivity index (χ3n) is 10.3. The van der Waals surface area contributed by atoms with E-state index in [-0.39, 0.29) is 67.3 Å². The Morgan fingerprint density at radius 1 is 0.618 bits per heavy atom. The molecule has 0 aliphatic carbocycles. The van der Waals surface area contributed by atoms with Crippen molar-refractivity contribution in [2.75, 3.05) is 56.6 Å². The predicted molar refractivity (Wildman–Crippen MR) is 270 cm³/mol. The van der Waals surface area contributed by atoms with Gasteiger partial charge in [0.2, 0.25) is 11.9 Å². The van der Waals surface area contributed by atoms with Gasteiger partial charge in [-0.05, 0) is 107 Å². The number of para-hydroxylation sites is 2.